The van der Waals surface area contributed by atoms with Crippen LogP contribution in [0.1, 0.15) is 27.4 Å². The van der Waals surface area contributed by atoms with E-state index in [2.05, 4.69) is 6.07 Å². The lowest BCUT2D eigenvalue weighted by Crippen LogP contribution is -2.21. The molecule has 8 heteroatoms. The highest BCUT2D eigenvalue weighted by atomic mass is 16.5. The van der Waals surface area contributed by atoms with Gasteiger partial charge in [-0.15, -0.1) is 0 Å². The molecule has 0 saturated heterocycles. The molecule has 0 saturated carbocycles. The summed E-state index contributed by atoms with van der Waals surface area (Å²) in [5, 5.41) is 9.83. The number of esters is 1. The molecule has 1 aliphatic heterocycles. The largest absolute Gasteiger partial charge is 0.497 e. The van der Waals surface area contributed by atoms with Crippen LogP contribution in [-0.4, -0.2) is 27.3 Å². The number of nitrogens with zero attached hydrogens (tertiary/aromatic N) is 1. The standard InChI is InChI=1S/C26H22N2O6/c1-30-16-7-4-6-15(12-16)26(29)33-17-10-11-18-22(13-17)34-25(28)20(14-27)23(18)19-8-5-9-21(31-2)24(19)32-3/h4-13,23H,28H2,1-3H3. The van der Waals surface area contributed by atoms with E-state index in [0.29, 0.717) is 39.7 Å². The summed E-state index contributed by atoms with van der Waals surface area (Å²) in [7, 11) is 4.59. The van der Waals surface area contributed by atoms with Crippen LogP contribution < -0.4 is 29.4 Å². The highest BCUT2D eigenvalue weighted by molar-refractivity contribution is 5.91. The van der Waals surface area contributed by atoms with Crippen LogP contribution in [0.5, 0.6) is 28.7 Å². The molecule has 0 aliphatic carbocycles. The zero-order valence-corrected chi connectivity index (χ0v) is 18.8. The van der Waals surface area contributed by atoms with Gasteiger partial charge in [-0.1, -0.05) is 24.3 Å². The van der Waals surface area contributed by atoms with E-state index in [9.17, 15) is 10.1 Å². The third-order valence-corrected chi connectivity index (χ3v) is 5.45. The predicted octanol–water partition coefficient (Wildman–Crippen LogP) is 4.15. The van der Waals surface area contributed by atoms with Crippen LogP contribution in [0.3, 0.4) is 0 Å². The highest BCUT2D eigenvalue weighted by Gasteiger charge is 2.33. The van der Waals surface area contributed by atoms with Crippen molar-refractivity contribution in [3.05, 3.63) is 88.8 Å². The Balaban J connectivity index is 1.73. The van der Waals surface area contributed by atoms with Gasteiger partial charge in [-0.2, -0.15) is 5.26 Å². The molecule has 8 nitrogen and oxygen atoms in total. The lowest BCUT2D eigenvalue weighted by molar-refractivity contribution is 0.0734. The topological polar surface area (TPSA) is 113 Å². The molecule has 0 fully saturated rings. The second kappa shape index (κ2) is 9.46. The molecule has 0 bridgehead atoms. The second-order valence-corrected chi connectivity index (χ2v) is 7.33. The number of hydrogen-bond donors (Lipinski definition) is 1. The molecule has 1 atom stereocenters. The number of hydrogen-bond acceptors (Lipinski definition) is 8. The number of fused-ring (bicyclic) bond motifs is 1. The van der Waals surface area contributed by atoms with Crippen molar-refractivity contribution in [1.29, 1.82) is 5.26 Å². The van der Waals surface area contributed by atoms with Gasteiger partial charge in [0.2, 0.25) is 5.88 Å². The maximum Gasteiger partial charge on any atom is 0.343 e. The molecule has 1 unspecified atom stereocenters. The molecular weight excluding hydrogens is 436 g/mol. The van der Waals surface area contributed by atoms with E-state index in [1.54, 1.807) is 54.6 Å². The minimum atomic E-state index is -0.568. The number of carbonyl (C=O) groups is 1. The minimum absolute atomic E-state index is 0.0406. The van der Waals surface area contributed by atoms with Crippen LogP contribution in [0, 0.1) is 11.3 Å². The minimum Gasteiger partial charge on any atom is -0.497 e. The fourth-order valence-electron chi connectivity index (χ4n) is 3.87. The number of para-hydroxylation sites is 1. The monoisotopic (exact) mass is 458 g/mol. The highest BCUT2D eigenvalue weighted by Crippen LogP contribution is 2.47. The van der Waals surface area contributed by atoms with E-state index in [1.807, 2.05) is 6.07 Å². The Morgan fingerprint density at radius 1 is 0.941 bits per heavy atom. The molecule has 1 aliphatic rings. The fourth-order valence-corrected chi connectivity index (χ4v) is 3.87. The normalized spacial score (nSPS) is 14.4. The van der Waals surface area contributed by atoms with Crippen molar-refractivity contribution in [1.82, 2.24) is 0 Å². The Morgan fingerprint density at radius 3 is 2.44 bits per heavy atom. The molecular formula is C26H22N2O6. The summed E-state index contributed by atoms with van der Waals surface area (Å²) < 4.78 is 27.4. The predicted molar refractivity (Wildman–Crippen MR) is 123 cm³/mol. The first-order valence-corrected chi connectivity index (χ1v) is 10.3. The van der Waals surface area contributed by atoms with Crippen molar-refractivity contribution in [3.63, 3.8) is 0 Å². The Bertz CT molecular complexity index is 1330. The molecule has 3 aromatic rings. The smallest absolute Gasteiger partial charge is 0.343 e. The lowest BCUT2D eigenvalue weighted by Gasteiger charge is -2.28. The van der Waals surface area contributed by atoms with E-state index >= 15 is 0 Å². The van der Waals surface area contributed by atoms with Crippen LogP contribution in [0.2, 0.25) is 0 Å². The number of nitrogens with two attached hydrogens (primary N) is 1. The van der Waals surface area contributed by atoms with Gasteiger partial charge in [0.15, 0.2) is 11.5 Å². The van der Waals surface area contributed by atoms with Gasteiger partial charge in [0.05, 0.1) is 32.8 Å². The van der Waals surface area contributed by atoms with Crippen molar-refractivity contribution in [3.8, 4) is 34.8 Å². The molecule has 0 spiro atoms. The maximum absolute atomic E-state index is 12.6. The van der Waals surface area contributed by atoms with Gasteiger partial charge < -0.3 is 29.4 Å². The van der Waals surface area contributed by atoms with Crippen LogP contribution >= 0.6 is 0 Å². The number of methoxy groups -OCH3 is 3. The molecule has 4 rings (SSSR count). The van der Waals surface area contributed by atoms with E-state index in [1.165, 1.54) is 21.3 Å². The average molecular weight is 458 g/mol. The average Bonchev–Trinajstić information content (AvgIpc) is 2.87. The molecule has 0 aromatic heterocycles. The van der Waals surface area contributed by atoms with Gasteiger partial charge in [0.25, 0.3) is 0 Å². The SMILES string of the molecule is COc1cccc(C(=O)Oc2ccc3c(c2)OC(N)=C(C#N)C3c2cccc(OC)c2OC)c1. The number of ether oxygens (including phenoxy) is 5. The maximum atomic E-state index is 12.6. The number of rotatable bonds is 6. The quantitative estimate of drug-likeness (QED) is 0.433. The van der Waals surface area contributed by atoms with Crippen LogP contribution in [0.4, 0.5) is 0 Å². The van der Waals surface area contributed by atoms with Crippen molar-refractivity contribution >= 4 is 5.97 Å². The summed E-state index contributed by atoms with van der Waals surface area (Å²) in [4.78, 5) is 12.6. The summed E-state index contributed by atoms with van der Waals surface area (Å²) in [6, 6.07) is 19.1. The fraction of sp³-hybridized carbons (Fsp3) is 0.154. The summed E-state index contributed by atoms with van der Waals surface area (Å²) in [5.74, 6) is 1.01. The zero-order valence-electron chi connectivity index (χ0n) is 18.8. The first-order valence-electron chi connectivity index (χ1n) is 10.3. The van der Waals surface area contributed by atoms with Gasteiger partial charge >= 0.3 is 5.97 Å². The molecule has 2 N–H and O–H groups in total. The molecule has 172 valence electrons. The molecule has 3 aromatic carbocycles. The Labute approximate surface area is 196 Å². The molecule has 0 radical (unpaired) electrons. The zero-order chi connectivity index (χ0) is 24.2. The number of allylic oxidation sites excluding steroid dienone is 1. The van der Waals surface area contributed by atoms with Gasteiger partial charge in [-0.3, -0.25) is 0 Å². The molecule has 0 amide bonds. The molecule has 1 heterocycles. The summed E-state index contributed by atoms with van der Waals surface area (Å²) >= 11 is 0. The summed E-state index contributed by atoms with van der Waals surface area (Å²) in [6.07, 6.45) is 0. The number of nitriles is 1. The summed E-state index contributed by atoms with van der Waals surface area (Å²) in [5.41, 5.74) is 8.03. The third kappa shape index (κ3) is 4.07. The number of carbonyl (C=O) groups excluding carboxylic acids is 1. The van der Waals surface area contributed by atoms with Gasteiger partial charge in [0.1, 0.15) is 28.9 Å². The van der Waals surface area contributed by atoms with Crippen LogP contribution in [0.15, 0.2) is 72.1 Å². The first-order chi connectivity index (χ1) is 16.5. The Kier molecular flexibility index (Phi) is 6.28. The lowest BCUT2D eigenvalue weighted by atomic mass is 9.83. The van der Waals surface area contributed by atoms with Crippen LogP contribution in [0.25, 0.3) is 0 Å². The Morgan fingerprint density at radius 2 is 1.74 bits per heavy atom. The molecule has 34 heavy (non-hydrogen) atoms. The van der Waals surface area contributed by atoms with E-state index in [0.717, 1.165) is 0 Å². The van der Waals surface area contributed by atoms with Gasteiger partial charge in [-0.05, 0) is 30.3 Å². The van der Waals surface area contributed by atoms with Crippen molar-refractivity contribution in [2.75, 3.05) is 21.3 Å². The Hall–Kier alpha value is -4.64. The number of benzene rings is 3. The van der Waals surface area contributed by atoms with Gasteiger partial charge in [0, 0.05) is 17.2 Å². The van der Waals surface area contributed by atoms with E-state index in [-0.39, 0.29) is 17.2 Å². The van der Waals surface area contributed by atoms with Crippen molar-refractivity contribution in [2.24, 2.45) is 5.73 Å². The van der Waals surface area contributed by atoms with Gasteiger partial charge in [-0.25, -0.2) is 4.79 Å². The van der Waals surface area contributed by atoms with Crippen molar-refractivity contribution < 1.29 is 28.5 Å². The van der Waals surface area contributed by atoms with E-state index in [4.69, 9.17) is 29.4 Å². The van der Waals surface area contributed by atoms with Crippen LogP contribution in [-0.2, 0) is 0 Å². The van der Waals surface area contributed by atoms with Crippen molar-refractivity contribution in [2.45, 2.75) is 5.92 Å². The second-order valence-electron chi connectivity index (χ2n) is 7.33. The third-order valence-electron chi connectivity index (χ3n) is 5.45. The van der Waals surface area contributed by atoms with E-state index < -0.39 is 11.9 Å². The summed E-state index contributed by atoms with van der Waals surface area (Å²) in [6.45, 7) is 0. The first kappa shape index (κ1) is 22.6.